The number of anilines is 1. The molecule has 0 bridgehead atoms. The highest BCUT2D eigenvalue weighted by molar-refractivity contribution is 9.10. The molecule has 0 aliphatic rings. The molecule has 0 spiro atoms. The molecule has 4 aromatic rings. The number of fused-ring (bicyclic) bond motifs is 1. The fourth-order valence-corrected chi connectivity index (χ4v) is 4.10. The van der Waals surface area contributed by atoms with Gasteiger partial charge in [-0.2, -0.15) is 0 Å². The Bertz CT molecular complexity index is 1160. The van der Waals surface area contributed by atoms with Crippen molar-refractivity contribution in [2.24, 2.45) is 0 Å². The second kappa shape index (κ2) is 9.36. The van der Waals surface area contributed by atoms with E-state index >= 15 is 0 Å². The second-order valence-corrected chi connectivity index (χ2v) is 8.68. The Balaban J connectivity index is 1.29. The molecule has 1 heterocycles. The molecule has 0 aliphatic carbocycles. The Labute approximate surface area is 187 Å². The predicted molar refractivity (Wildman–Crippen MR) is 125 cm³/mol. The first-order chi connectivity index (χ1) is 14.6. The lowest BCUT2D eigenvalue weighted by Crippen LogP contribution is -2.26. The van der Waals surface area contributed by atoms with Gasteiger partial charge in [-0.1, -0.05) is 69.7 Å². The van der Waals surface area contributed by atoms with Gasteiger partial charge in [0, 0.05) is 23.5 Å². The van der Waals surface area contributed by atoms with Gasteiger partial charge in [-0.25, -0.2) is 0 Å². The molecule has 0 saturated carbocycles. The predicted octanol–water partition coefficient (Wildman–Crippen LogP) is 5.94. The van der Waals surface area contributed by atoms with Crippen LogP contribution in [-0.4, -0.2) is 29.8 Å². The summed E-state index contributed by atoms with van der Waals surface area (Å²) in [5, 5.41) is 12.1. The lowest BCUT2D eigenvalue weighted by atomic mass is 10.1. The number of hydrogen-bond acceptors (Lipinski definition) is 5. The lowest BCUT2D eigenvalue weighted by molar-refractivity contribution is -0.118. The highest BCUT2D eigenvalue weighted by Crippen LogP contribution is 2.29. The number of benzene rings is 3. The first-order valence-corrected chi connectivity index (χ1v) is 11.2. The Kier molecular flexibility index (Phi) is 6.40. The molecule has 0 fully saturated rings. The van der Waals surface area contributed by atoms with Gasteiger partial charge in [-0.05, 0) is 41.5 Å². The Morgan fingerprint density at radius 2 is 1.80 bits per heavy atom. The van der Waals surface area contributed by atoms with Gasteiger partial charge in [0.25, 0.3) is 0 Å². The van der Waals surface area contributed by atoms with Crippen molar-refractivity contribution in [2.45, 2.75) is 12.8 Å². The molecule has 1 aromatic heterocycles. The average Bonchev–Trinajstić information content (AvgIpc) is 3.26. The standard InChI is InChI=1S/C23H20BrN3O2S/c1-27(23-26-25-22(30-23)17-8-11-19(24)12-9-17)21(28)7-4-14-29-20-13-10-16-5-2-3-6-18(16)15-20/h2-3,5-6,8-13,15H,4,7,14H2,1H3. The molecule has 30 heavy (non-hydrogen) atoms. The molecular formula is C23H20BrN3O2S. The van der Waals surface area contributed by atoms with Crippen LogP contribution >= 0.6 is 27.3 Å². The van der Waals surface area contributed by atoms with Crippen molar-refractivity contribution in [1.29, 1.82) is 0 Å². The van der Waals surface area contributed by atoms with Crippen molar-refractivity contribution in [3.05, 3.63) is 71.2 Å². The van der Waals surface area contributed by atoms with Gasteiger partial charge >= 0.3 is 0 Å². The normalized spacial score (nSPS) is 10.9. The fourth-order valence-electron chi connectivity index (χ4n) is 3.01. The van der Waals surface area contributed by atoms with Gasteiger partial charge in [0.1, 0.15) is 10.8 Å². The maximum Gasteiger partial charge on any atom is 0.228 e. The zero-order valence-corrected chi connectivity index (χ0v) is 18.8. The van der Waals surface area contributed by atoms with E-state index in [0.29, 0.717) is 24.6 Å². The largest absolute Gasteiger partial charge is 0.494 e. The smallest absolute Gasteiger partial charge is 0.228 e. The van der Waals surface area contributed by atoms with E-state index in [9.17, 15) is 4.79 Å². The number of hydrogen-bond donors (Lipinski definition) is 0. The van der Waals surface area contributed by atoms with E-state index in [-0.39, 0.29) is 5.91 Å². The molecule has 152 valence electrons. The summed E-state index contributed by atoms with van der Waals surface area (Å²) in [6.45, 7) is 0.484. The molecule has 0 aliphatic heterocycles. The van der Waals surface area contributed by atoms with Crippen LogP contribution in [0, 0.1) is 0 Å². The van der Waals surface area contributed by atoms with E-state index in [2.05, 4.69) is 38.3 Å². The van der Waals surface area contributed by atoms with Crippen LogP contribution in [0.3, 0.4) is 0 Å². The van der Waals surface area contributed by atoms with E-state index in [1.807, 2.05) is 54.6 Å². The molecule has 0 radical (unpaired) electrons. The van der Waals surface area contributed by atoms with Crippen molar-refractivity contribution in [2.75, 3.05) is 18.6 Å². The summed E-state index contributed by atoms with van der Waals surface area (Å²) >= 11 is 4.83. The topological polar surface area (TPSA) is 55.3 Å². The molecule has 0 N–H and O–H groups in total. The summed E-state index contributed by atoms with van der Waals surface area (Å²) in [6, 6.07) is 22.1. The van der Waals surface area contributed by atoms with E-state index in [4.69, 9.17) is 4.74 Å². The Morgan fingerprint density at radius 3 is 2.60 bits per heavy atom. The van der Waals surface area contributed by atoms with Crippen LogP contribution in [0.4, 0.5) is 5.13 Å². The Morgan fingerprint density at radius 1 is 1.03 bits per heavy atom. The zero-order chi connectivity index (χ0) is 20.9. The van der Waals surface area contributed by atoms with Gasteiger partial charge < -0.3 is 4.74 Å². The monoisotopic (exact) mass is 481 g/mol. The third-order valence-electron chi connectivity index (χ3n) is 4.69. The fraction of sp³-hybridized carbons (Fsp3) is 0.174. The lowest BCUT2D eigenvalue weighted by Gasteiger charge is -2.13. The van der Waals surface area contributed by atoms with E-state index in [0.717, 1.165) is 26.2 Å². The molecule has 1 amide bonds. The number of ether oxygens (including phenoxy) is 1. The number of rotatable bonds is 7. The van der Waals surface area contributed by atoms with Crippen molar-refractivity contribution in [3.63, 3.8) is 0 Å². The van der Waals surface area contributed by atoms with E-state index in [1.165, 1.54) is 16.7 Å². The third kappa shape index (κ3) is 4.86. The van der Waals surface area contributed by atoms with Crippen LogP contribution in [0.5, 0.6) is 5.75 Å². The summed E-state index contributed by atoms with van der Waals surface area (Å²) in [7, 11) is 1.73. The molecule has 0 saturated heterocycles. The first kappa shape index (κ1) is 20.5. The number of halogens is 1. The summed E-state index contributed by atoms with van der Waals surface area (Å²) in [5.74, 6) is 0.813. The van der Waals surface area contributed by atoms with Crippen molar-refractivity contribution < 1.29 is 9.53 Å². The molecule has 5 nitrogen and oxygen atoms in total. The van der Waals surface area contributed by atoms with Gasteiger partial charge in [0.05, 0.1) is 6.61 Å². The third-order valence-corrected chi connectivity index (χ3v) is 6.27. The zero-order valence-electron chi connectivity index (χ0n) is 16.4. The summed E-state index contributed by atoms with van der Waals surface area (Å²) in [5.41, 5.74) is 0.978. The average molecular weight is 482 g/mol. The highest BCUT2D eigenvalue weighted by Gasteiger charge is 2.16. The van der Waals surface area contributed by atoms with Crippen molar-refractivity contribution in [1.82, 2.24) is 10.2 Å². The maximum atomic E-state index is 12.5. The van der Waals surface area contributed by atoms with Gasteiger partial charge in [0.15, 0.2) is 0 Å². The van der Waals surface area contributed by atoms with Crippen molar-refractivity contribution >= 4 is 49.1 Å². The molecule has 4 rings (SSSR count). The van der Waals surface area contributed by atoms with Crippen LogP contribution in [0.15, 0.2) is 71.2 Å². The SMILES string of the molecule is CN(C(=O)CCCOc1ccc2ccccc2c1)c1nnc(-c2ccc(Br)cc2)s1. The molecule has 0 atom stereocenters. The maximum absolute atomic E-state index is 12.5. The van der Waals surface area contributed by atoms with Crippen LogP contribution in [0.25, 0.3) is 21.3 Å². The Hall–Kier alpha value is -2.77. The van der Waals surface area contributed by atoms with E-state index in [1.54, 1.807) is 11.9 Å². The van der Waals surface area contributed by atoms with E-state index < -0.39 is 0 Å². The molecule has 7 heteroatoms. The van der Waals surface area contributed by atoms with Gasteiger partial charge in [-0.3, -0.25) is 9.69 Å². The van der Waals surface area contributed by atoms with Crippen molar-refractivity contribution in [3.8, 4) is 16.3 Å². The molecular weight excluding hydrogens is 462 g/mol. The van der Waals surface area contributed by atoms with Crippen LogP contribution < -0.4 is 9.64 Å². The second-order valence-electron chi connectivity index (χ2n) is 6.81. The van der Waals surface area contributed by atoms with Crippen LogP contribution in [0.1, 0.15) is 12.8 Å². The minimum Gasteiger partial charge on any atom is -0.494 e. The van der Waals surface area contributed by atoms with Gasteiger partial charge in [-0.15, -0.1) is 10.2 Å². The number of amides is 1. The number of carbonyl (C=O) groups is 1. The van der Waals surface area contributed by atoms with Crippen LogP contribution in [-0.2, 0) is 4.79 Å². The summed E-state index contributed by atoms with van der Waals surface area (Å²) in [6.07, 6.45) is 1.02. The number of nitrogens with zero attached hydrogens (tertiary/aromatic N) is 3. The summed E-state index contributed by atoms with van der Waals surface area (Å²) in [4.78, 5) is 14.1. The highest BCUT2D eigenvalue weighted by atomic mass is 79.9. The minimum absolute atomic E-state index is 0.00406. The number of aromatic nitrogens is 2. The van der Waals surface area contributed by atoms with Crippen LogP contribution in [0.2, 0.25) is 0 Å². The minimum atomic E-state index is -0.00406. The summed E-state index contributed by atoms with van der Waals surface area (Å²) < 4.78 is 6.83. The quantitative estimate of drug-likeness (QED) is 0.306. The molecule has 0 unspecified atom stereocenters. The molecule has 3 aromatic carbocycles. The number of carbonyl (C=O) groups excluding carboxylic acids is 1. The first-order valence-electron chi connectivity index (χ1n) is 9.58. The van der Waals surface area contributed by atoms with Gasteiger partial charge in [0.2, 0.25) is 11.0 Å².